The minimum atomic E-state index is -0.698. The van der Waals surface area contributed by atoms with Crippen molar-refractivity contribution >= 4 is 5.78 Å². The van der Waals surface area contributed by atoms with E-state index in [1.807, 2.05) is 35.2 Å². The predicted molar refractivity (Wildman–Crippen MR) is 96.8 cm³/mol. The van der Waals surface area contributed by atoms with Gasteiger partial charge < -0.3 is 14.9 Å². The van der Waals surface area contributed by atoms with Crippen molar-refractivity contribution in [3.8, 4) is 5.75 Å². The standard InChI is InChI=1S/C20H25NO4/c1-16(23)18-8-5-9-20(12-18)25-15-19(24)14-21(10-11-22)13-17-6-3-2-4-7-17/h2-9,12,19,22,24H,10-11,13-15H2,1H3/t19-/m0/s1. The fraction of sp³-hybridized carbons (Fsp3) is 0.350. The molecule has 0 aliphatic heterocycles. The number of hydrogen-bond donors (Lipinski definition) is 2. The van der Waals surface area contributed by atoms with E-state index in [0.29, 0.717) is 30.9 Å². The van der Waals surface area contributed by atoms with E-state index in [4.69, 9.17) is 4.74 Å². The monoisotopic (exact) mass is 343 g/mol. The van der Waals surface area contributed by atoms with E-state index in [1.165, 1.54) is 6.92 Å². The molecule has 0 saturated heterocycles. The predicted octanol–water partition coefficient (Wildman–Crippen LogP) is 2.12. The number of carbonyl (C=O) groups is 1. The smallest absolute Gasteiger partial charge is 0.159 e. The molecule has 0 spiro atoms. The van der Waals surface area contributed by atoms with Crippen molar-refractivity contribution in [2.45, 2.75) is 19.6 Å². The molecule has 0 aliphatic rings. The SMILES string of the molecule is CC(=O)c1cccc(OC[C@@H](O)CN(CCO)Cc2ccccc2)c1. The van der Waals surface area contributed by atoms with Crippen molar-refractivity contribution in [3.05, 3.63) is 65.7 Å². The Kier molecular flexibility index (Phi) is 7.60. The van der Waals surface area contributed by atoms with Crippen molar-refractivity contribution < 1.29 is 19.7 Å². The van der Waals surface area contributed by atoms with Crippen LogP contribution in [0.15, 0.2) is 54.6 Å². The van der Waals surface area contributed by atoms with Gasteiger partial charge >= 0.3 is 0 Å². The molecule has 5 heteroatoms. The van der Waals surface area contributed by atoms with Crippen LogP contribution < -0.4 is 4.74 Å². The molecule has 0 fully saturated rings. The van der Waals surface area contributed by atoms with Gasteiger partial charge in [0.2, 0.25) is 0 Å². The number of carbonyl (C=O) groups excluding carboxylic acids is 1. The van der Waals surface area contributed by atoms with Crippen molar-refractivity contribution in [3.63, 3.8) is 0 Å². The molecule has 1 atom stereocenters. The van der Waals surface area contributed by atoms with Gasteiger partial charge in [-0.2, -0.15) is 0 Å². The van der Waals surface area contributed by atoms with Crippen LogP contribution in [0.2, 0.25) is 0 Å². The highest BCUT2D eigenvalue weighted by Gasteiger charge is 2.13. The van der Waals surface area contributed by atoms with Gasteiger partial charge in [0.15, 0.2) is 5.78 Å². The summed E-state index contributed by atoms with van der Waals surface area (Å²) in [6.07, 6.45) is -0.698. The lowest BCUT2D eigenvalue weighted by atomic mass is 10.1. The van der Waals surface area contributed by atoms with E-state index in [2.05, 4.69) is 0 Å². The summed E-state index contributed by atoms with van der Waals surface area (Å²) in [5.74, 6) is 0.534. The molecule has 0 amide bonds. The topological polar surface area (TPSA) is 70.0 Å². The second kappa shape index (κ2) is 9.93. The number of Topliss-reactive ketones (excluding diaryl/α,β-unsaturated/α-hetero) is 1. The van der Waals surface area contributed by atoms with Crippen LogP contribution in [0.3, 0.4) is 0 Å². The first-order valence-corrected chi connectivity index (χ1v) is 8.37. The molecule has 0 aromatic heterocycles. The first-order chi connectivity index (χ1) is 12.1. The third-order valence-electron chi connectivity index (χ3n) is 3.82. The van der Waals surface area contributed by atoms with E-state index in [0.717, 1.165) is 5.56 Å². The average molecular weight is 343 g/mol. The highest BCUT2D eigenvalue weighted by molar-refractivity contribution is 5.94. The van der Waals surface area contributed by atoms with Crippen LogP contribution in [0.1, 0.15) is 22.8 Å². The number of aliphatic hydroxyl groups is 2. The molecule has 2 aromatic rings. The zero-order valence-electron chi connectivity index (χ0n) is 14.5. The fourth-order valence-corrected chi connectivity index (χ4v) is 2.57. The minimum Gasteiger partial charge on any atom is -0.491 e. The van der Waals surface area contributed by atoms with Gasteiger partial charge in [0, 0.05) is 25.2 Å². The molecule has 0 heterocycles. The van der Waals surface area contributed by atoms with Crippen LogP contribution in [-0.4, -0.2) is 53.3 Å². The van der Waals surface area contributed by atoms with Gasteiger partial charge in [-0.3, -0.25) is 9.69 Å². The number of ketones is 1. The molecular formula is C20H25NO4. The summed E-state index contributed by atoms with van der Waals surface area (Å²) in [7, 11) is 0. The summed E-state index contributed by atoms with van der Waals surface area (Å²) in [5, 5.41) is 19.5. The number of benzene rings is 2. The Hall–Kier alpha value is -2.21. The van der Waals surface area contributed by atoms with Crippen LogP contribution in [0.25, 0.3) is 0 Å². The Balaban J connectivity index is 1.87. The maximum Gasteiger partial charge on any atom is 0.159 e. The third-order valence-corrected chi connectivity index (χ3v) is 3.82. The first-order valence-electron chi connectivity index (χ1n) is 8.37. The maximum absolute atomic E-state index is 11.4. The number of nitrogens with zero attached hydrogens (tertiary/aromatic N) is 1. The summed E-state index contributed by atoms with van der Waals surface area (Å²) >= 11 is 0. The largest absolute Gasteiger partial charge is 0.491 e. The lowest BCUT2D eigenvalue weighted by molar-refractivity contribution is 0.0590. The molecule has 2 rings (SSSR count). The van der Waals surface area contributed by atoms with Gasteiger partial charge in [0.05, 0.1) is 6.61 Å². The molecule has 0 saturated carbocycles. The first kappa shape index (κ1) is 19.1. The summed E-state index contributed by atoms with van der Waals surface area (Å²) in [5.41, 5.74) is 1.70. The second-order valence-electron chi connectivity index (χ2n) is 5.99. The summed E-state index contributed by atoms with van der Waals surface area (Å²) in [4.78, 5) is 13.4. The van der Waals surface area contributed by atoms with E-state index in [-0.39, 0.29) is 19.0 Å². The quantitative estimate of drug-likeness (QED) is 0.647. The molecule has 5 nitrogen and oxygen atoms in total. The minimum absolute atomic E-state index is 0.0250. The Bertz CT molecular complexity index is 660. The van der Waals surface area contributed by atoms with Crippen molar-refractivity contribution in [2.75, 3.05) is 26.3 Å². The molecule has 134 valence electrons. The summed E-state index contributed by atoms with van der Waals surface area (Å²) < 4.78 is 5.60. The highest BCUT2D eigenvalue weighted by atomic mass is 16.5. The number of rotatable bonds is 10. The lowest BCUT2D eigenvalue weighted by Gasteiger charge is -2.24. The van der Waals surface area contributed by atoms with E-state index >= 15 is 0 Å². The second-order valence-corrected chi connectivity index (χ2v) is 5.99. The van der Waals surface area contributed by atoms with Crippen molar-refractivity contribution in [2.24, 2.45) is 0 Å². The van der Waals surface area contributed by atoms with E-state index < -0.39 is 6.10 Å². The maximum atomic E-state index is 11.4. The lowest BCUT2D eigenvalue weighted by Crippen LogP contribution is -2.37. The van der Waals surface area contributed by atoms with Crippen LogP contribution in [0.4, 0.5) is 0 Å². The molecule has 0 bridgehead atoms. The zero-order chi connectivity index (χ0) is 18.1. The third kappa shape index (κ3) is 6.66. The van der Waals surface area contributed by atoms with Gasteiger partial charge in [-0.1, -0.05) is 42.5 Å². The molecule has 0 unspecified atom stereocenters. The number of ether oxygens (including phenoxy) is 1. The van der Waals surface area contributed by atoms with E-state index in [1.54, 1.807) is 24.3 Å². The molecule has 0 aliphatic carbocycles. The summed E-state index contributed by atoms with van der Waals surface area (Å²) in [6.45, 7) is 3.18. The van der Waals surface area contributed by atoms with Crippen LogP contribution in [-0.2, 0) is 6.54 Å². The Morgan fingerprint density at radius 3 is 2.60 bits per heavy atom. The van der Waals surface area contributed by atoms with Crippen LogP contribution in [0.5, 0.6) is 5.75 Å². The molecule has 2 aromatic carbocycles. The van der Waals surface area contributed by atoms with Crippen molar-refractivity contribution in [1.82, 2.24) is 4.90 Å². The van der Waals surface area contributed by atoms with Gasteiger partial charge in [0.1, 0.15) is 18.5 Å². The molecule has 0 radical (unpaired) electrons. The Labute approximate surface area is 148 Å². The average Bonchev–Trinajstić information content (AvgIpc) is 2.61. The zero-order valence-corrected chi connectivity index (χ0v) is 14.5. The molecular weight excluding hydrogens is 318 g/mol. The van der Waals surface area contributed by atoms with Gasteiger partial charge in [0.25, 0.3) is 0 Å². The number of hydrogen-bond acceptors (Lipinski definition) is 5. The van der Waals surface area contributed by atoms with Gasteiger partial charge in [-0.15, -0.1) is 0 Å². The van der Waals surface area contributed by atoms with E-state index in [9.17, 15) is 15.0 Å². The van der Waals surface area contributed by atoms with Gasteiger partial charge in [-0.25, -0.2) is 0 Å². The Morgan fingerprint density at radius 2 is 1.92 bits per heavy atom. The molecule has 25 heavy (non-hydrogen) atoms. The van der Waals surface area contributed by atoms with Crippen molar-refractivity contribution in [1.29, 1.82) is 0 Å². The highest BCUT2D eigenvalue weighted by Crippen LogP contribution is 2.14. The Morgan fingerprint density at radius 1 is 1.16 bits per heavy atom. The molecule has 2 N–H and O–H groups in total. The number of aliphatic hydroxyl groups excluding tert-OH is 2. The van der Waals surface area contributed by atoms with Gasteiger partial charge in [-0.05, 0) is 24.6 Å². The normalized spacial score (nSPS) is 12.2. The summed E-state index contributed by atoms with van der Waals surface area (Å²) in [6, 6.07) is 16.8. The van der Waals surface area contributed by atoms with Crippen LogP contribution in [0, 0.1) is 0 Å². The van der Waals surface area contributed by atoms with Crippen LogP contribution >= 0.6 is 0 Å². The fourth-order valence-electron chi connectivity index (χ4n) is 2.57.